The molecule has 0 spiro atoms. The molecule has 3 N–H and O–H groups in total. The van der Waals surface area contributed by atoms with E-state index in [0.717, 1.165) is 0 Å². The van der Waals surface area contributed by atoms with Gasteiger partial charge in [0.2, 0.25) is 0 Å². The first-order valence-electron chi connectivity index (χ1n) is 6.35. The van der Waals surface area contributed by atoms with Gasteiger partial charge < -0.3 is 15.2 Å². The quantitative estimate of drug-likeness (QED) is 0.799. The Morgan fingerprint density at radius 3 is 2.60 bits per heavy atom. The molecule has 0 aliphatic rings. The van der Waals surface area contributed by atoms with Crippen LogP contribution in [0, 0.1) is 0 Å². The lowest BCUT2D eigenvalue weighted by atomic mass is 10.1. The molecule has 1 aromatic carbocycles. The number of nitrogens with one attached hydrogen (secondary N) is 2. The molecule has 0 fully saturated rings. The van der Waals surface area contributed by atoms with Crippen LogP contribution >= 0.6 is 11.6 Å². The number of ether oxygens (including phenoxy) is 1. The lowest BCUT2D eigenvalue weighted by molar-refractivity contribution is 0.0636. The van der Waals surface area contributed by atoms with Crippen molar-refractivity contribution in [3.63, 3.8) is 0 Å². The molecule has 0 saturated carbocycles. The summed E-state index contributed by atoms with van der Waals surface area (Å²) in [5.74, 6) is 0. The molecule has 0 aliphatic carbocycles. The van der Waals surface area contributed by atoms with E-state index < -0.39 is 17.8 Å². The maximum absolute atomic E-state index is 11.7. The Bertz CT molecular complexity index is 472. The lowest BCUT2D eigenvalue weighted by Crippen LogP contribution is -2.27. The average Bonchev–Trinajstić information content (AvgIpc) is 2.29. The first kappa shape index (κ1) is 16.8. The van der Waals surface area contributed by atoms with E-state index in [9.17, 15) is 9.90 Å². The van der Waals surface area contributed by atoms with Crippen LogP contribution in [0.1, 0.15) is 32.4 Å². The molecule has 1 atom stereocenters. The molecular formula is C14H21ClN2O3. The van der Waals surface area contributed by atoms with Crippen molar-refractivity contribution in [1.29, 1.82) is 0 Å². The first-order valence-corrected chi connectivity index (χ1v) is 6.73. The Kier molecular flexibility index (Phi) is 5.80. The molecule has 0 aromatic heterocycles. The number of hydrogen-bond acceptors (Lipinski definition) is 4. The number of hydrogen-bond donors (Lipinski definition) is 3. The Labute approximate surface area is 124 Å². The van der Waals surface area contributed by atoms with Crippen molar-refractivity contribution in [2.24, 2.45) is 0 Å². The van der Waals surface area contributed by atoms with Crippen LogP contribution in [0.25, 0.3) is 0 Å². The van der Waals surface area contributed by atoms with Crippen molar-refractivity contribution in [3.8, 4) is 0 Å². The topological polar surface area (TPSA) is 70.6 Å². The van der Waals surface area contributed by atoms with Crippen LogP contribution in [-0.2, 0) is 4.74 Å². The predicted octanol–water partition coefficient (Wildman–Crippen LogP) is 2.94. The van der Waals surface area contributed by atoms with E-state index in [1.54, 1.807) is 46.0 Å². The number of likely N-dealkylation sites (N-methyl/N-ethyl adjacent to an activating group) is 1. The Balaban J connectivity index is 2.76. The van der Waals surface area contributed by atoms with Crippen LogP contribution < -0.4 is 10.6 Å². The Morgan fingerprint density at radius 1 is 1.45 bits per heavy atom. The van der Waals surface area contributed by atoms with Crippen LogP contribution in [-0.4, -0.2) is 30.4 Å². The molecule has 0 saturated heterocycles. The first-order chi connectivity index (χ1) is 9.23. The number of benzene rings is 1. The largest absolute Gasteiger partial charge is 0.444 e. The maximum Gasteiger partial charge on any atom is 0.412 e. The molecule has 0 heterocycles. The van der Waals surface area contributed by atoms with E-state index in [-0.39, 0.29) is 0 Å². The Morgan fingerprint density at radius 2 is 2.10 bits per heavy atom. The minimum Gasteiger partial charge on any atom is -0.444 e. The van der Waals surface area contributed by atoms with E-state index in [4.69, 9.17) is 16.3 Å². The SMILES string of the molecule is CNCC(O)c1ccc(NC(=O)OC(C)(C)C)c(Cl)c1. The fourth-order valence-corrected chi connectivity index (χ4v) is 1.80. The fourth-order valence-electron chi connectivity index (χ4n) is 1.56. The maximum atomic E-state index is 11.7. The molecule has 0 bridgehead atoms. The van der Waals surface area contributed by atoms with E-state index in [2.05, 4.69) is 10.6 Å². The van der Waals surface area contributed by atoms with Crippen molar-refractivity contribution < 1.29 is 14.6 Å². The summed E-state index contributed by atoms with van der Waals surface area (Å²) in [5.41, 5.74) is 0.555. The van der Waals surface area contributed by atoms with Gasteiger partial charge in [-0.3, -0.25) is 5.32 Å². The van der Waals surface area contributed by atoms with Gasteiger partial charge in [0.05, 0.1) is 16.8 Å². The second-order valence-electron chi connectivity index (χ2n) is 5.44. The Hall–Kier alpha value is -1.30. The van der Waals surface area contributed by atoms with Gasteiger partial charge in [-0.2, -0.15) is 0 Å². The van der Waals surface area contributed by atoms with Crippen molar-refractivity contribution in [2.75, 3.05) is 18.9 Å². The smallest absolute Gasteiger partial charge is 0.412 e. The van der Waals surface area contributed by atoms with Gasteiger partial charge >= 0.3 is 6.09 Å². The zero-order valence-corrected chi connectivity index (χ0v) is 12.9. The van der Waals surface area contributed by atoms with Gasteiger partial charge in [-0.15, -0.1) is 0 Å². The summed E-state index contributed by atoms with van der Waals surface area (Å²) in [6.07, 6.45) is -1.21. The summed E-state index contributed by atoms with van der Waals surface area (Å²) in [5, 5.41) is 15.6. The highest BCUT2D eigenvalue weighted by atomic mass is 35.5. The highest BCUT2D eigenvalue weighted by Gasteiger charge is 2.17. The fraction of sp³-hybridized carbons (Fsp3) is 0.500. The van der Waals surface area contributed by atoms with E-state index >= 15 is 0 Å². The second kappa shape index (κ2) is 6.92. The number of anilines is 1. The summed E-state index contributed by atoms with van der Waals surface area (Å²) in [6, 6.07) is 4.97. The van der Waals surface area contributed by atoms with Crippen molar-refractivity contribution >= 4 is 23.4 Å². The molecule has 5 nitrogen and oxygen atoms in total. The molecular weight excluding hydrogens is 280 g/mol. The van der Waals surface area contributed by atoms with Gasteiger partial charge in [0.1, 0.15) is 5.60 Å². The molecule has 1 unspecified atom stereocenters. The minimum absolute atomic E-state index is 0.350. The number of carbonyl (C=O) groups is 1. The van der Waals surface area contributed by atoms with Crippen LogP contribution in [0.15, 0.2) is 18.2 Å². The van der Waals surface area contributed by atoms with Crippen LogP contribution in [0.2, 0.25) is 5.02 Å². The average molecular weight is 301 g/mol. The van der Waals surface area contributed by atoms with Crippen molar-refractivity contribution in [1.82, 2.24) is 5.32 Å². The second-order valence-corrected chi connectivity index (χ2v) is 5.85. The van der Waals surface area contributed by atoms with Gasteiger partial charge in [-0.05, 0) is 45.5 Å². The summed E-state index contributed by atoms with van der Waals surface area (Å²) < 4.78 is 5.14. The summed E-state index contributed by atoms with van der Waals surface area (Å²) in [7, 11) is 1.75. The van der Waals surface area contributed by atoms with Gasteiger partial charge in [0.15, 0.2) is 0 Å². The van der Waals surface area contributed by atoms with E-state index in [1.165, 1.54) is 0 Å². The lowest BCUT2D eigenvalue weighted by Gasteiger charge is -2.20. The minimum atomic E-state index is -0.645. The number of amides is 1. The van der Waals surface area contributed by atoms with Gasteiger partial charge in [0, 0.05) is 6.54 Å². The predicted molar refractivity (Wildman–Crippen MR) is 80.2 cm³/mol. The monoisotopic (exact) mass is 300 g/mol. The highest BCUT2D eigenvalue weighted by molar-refractivity contribution is 6.33. The molecule has 1 amide bonds. The molecule has 1 aromatic rings. The molecule has 20 heavy (non-hydrogen) atoms. The van der Waals surface area contributed by atoms with Crippen LogP contribution in [0.3, 0.4) is 0 Å². The standard InChI is InChI=1S/C14H21ClN2O3/c1-14(2,3)20-13(19)17-11-6-5-9(7-10(11)15)12(18)8-16-4/h5-7,12,16,18H,8H2,1-4H3,(H,17,19). The van der Waals surface area contributed by atoms with Gasteiger partial charge in [-0.25, -0.2) is 4.79 Å². The van der Waals surface area contributed by atoms with E-state index in [0.29, 0.717) is 22.8 Å². The number of halogens is 1. The molecule has 0 aliphatic heterocycles. The van der Waals surface area contributed by atoms with Crippen molar-refractivity contribution in [3.05, 3.63) is 28.8 Å². The third-order valence-corrected chi connectivity index (χ3v) is 2.72. The zero-order valence-electron chi connectivity index (χ0n) is 12.2. The van der Waals surface area contributed by atoms with Gasteiger partial charge in [0.25, 0.3) is 0 Å². The molecule has 0 radical (unpaired) electrons. The molecule has 1 rings (SSSR count). The highest BCUT2D eigenvalue weighted by Crippen LogP contribution is 2.26. The van der Waals surface area contributed by atoms with Gasteiger partial charge in [-0.1, -0.05) is 17.7 Å². The molecule has 112 valence electrons. The molecule has 6 heteroatoms. The number of carbonyl (C=O) groups excluding carboxylic acids is 1. The summed E-state index contributed by atoms with van der Waals surface area (Å²) in [4.78, 5) is 11.7. The zero-order chi connectivity index (χ0) is 15.3. The van der Waals surface area contributed by atoms with Crippen molar-refractivity contribution in [2.45, 2.75) is 32.5 Å². The summed E-state index contributed by atoms with van der Waals surface area (Å²) in [6.45, 7) is 5.78. The van der Waals surface area contributed by atoms with Crippen LogP contribution in [0.5, 0.6) is 0 Å². The third kappa shape index (κ3) is 5.36. The number of aliphatic hydroxyl groups is 1. The summed E-state index contributed by atoms with van der Waals surface area (Å²) >= 11 is 6.09. The normalized spacial score (nSPS) is 12.9. The third-order valence-electron chi connectivity index (χ3n) is 2.41. The number of aliphatic hydroxyl groups excluding tert-OH is 1. The van der Waals surface area contributed by atoms with E-state index in [1.807, 2.05) is 0 Å². The number of rotatable bonds is 4. The van der Waals surface area contributed by atoms with Crippen LogP contribution in [0.4, 0.5) is 10.5 Å².